The predicted octanol–water partition coefficient (Wildman–Crippen LogP) is 13.0. The van der Waals surface area contributed by atoms with Gasteiger partial charge in [-0.15, -0.1) is 0 Å². The highest BCUT2D eigenvalue weighted by Gasteiger charge is 2.41. The molecular formula is C60H48N2Si. The molecule has 0 radical (unpaired) electrons. The van der Waals surface area contributed by atoms with Crippen LogP contribution in [0.3, 0.4) is 0 Å². The van der Waals surface area contributed by atoms with Crippen LogP contribution >= 0.6 is 0 Å². The molecule has 1 saturated carbocycles. The molecule has 11 aromatic rings. The Morgan fingerprint density at radius 3 is 1.43 bits per heavy atom. The van der Waals surface area contributed by atoms with Crippen LogP contribution < -0.4 is 20.7 Å². The average molecular weight is 825 g/mol. The maximum atomic E-state index is 2.55. The van der Waals surface area contributed by atoms with Gasteiger partial charge in [0.2, 0.25) is 0 Å². The first-order valence-electron chi connectivity index (χ1n) is 22.7. The summed E-state index contributed by atoms with van der Waals surface area (Å²) in [5, 5.41) is 10.7. The van der Waals surface area contributed by atoms with E-state index >= 15 is 0 Å². The summed E-state index contributed by atoms with van der Waals surface area (Å²) >= 11 is 0. The molecule has 0 saturated heterocycles. The van der Waals surface area contributed by atoms with E-state index in [1.807, 2.05) is 0 Å². The quantitative estimate of drug-likeness (QED) is 0.107. The zero-order chi connectivity index (χ0) is 41.7. The summed E-state index contributed by atoms with van der Waals surface area (Å²) in [5.74, 6) is 0.632. The largest absolute Gasteiger partial charge is 0.307 e. The summed E-state index contributed by atoms with van der Waals surface area (Å²) in [6.45, 7) is 0. The Bertz CT molecular complexity index is 3300. The molecule has 2 nitrogen and oxygen atoms in total. The molecule has 63 heavy (non-hydrogen) atoms. The number of nitrogens with zero attached hydrogens (tertiary/aromatic N) is 2. The molecule has 0 N–H and O–H groups in total. The van der Waals surface area contributed by atoms with E-state index in [9.17, 15) is 0 Å². The van der Waals surface area contributed by atoms with Gasteiger partial charge >= 0.3 is 0 Å². The van der Waals surface area contributed by atoms with Crippen molar-refractivity contribution in [3.8, 4) is 22.5 Å². The maximum Gasteiger partial charge on any atom is 0.179 e. The molecule has 302 valence electrons. The summed E-state index contributed by atoms with van der Waals surface area (Å²) < 4.78 is 5.05. The van der Waals surface area contributed by atoms with Crippen LogP contribution in [0.1, 0.15) is 43.6 Å². The summed E-state index contributed by atoms with van der Waals surface area (Å²) in [6, 6.07) is 84.3. The number of benzene rings is 9. The Morgan fingerprint density at radius 2 is 0.825 bits per heavy atom. The van der Waals surface area contributed by atoms with Crippen molar-refractivity contribution in [2.75, 3.05) is 0 Å². The molecule has 1 aliphatic carbocycles. The number of fused-ring (bicyclic) bond motifs is 6. The lowest BCUT2D eigenvalue weighted by atomic mass is 9.84. The number of rotatable bonds is 8. The first-order chi connectivity index (χ1) is 31.3. The van der Waals surface area contributed by atoms with Crippen molar-refractivity contribution in [3.05, 3.63) is 230 Å². The molecule has 0 unspecified atom stereocenters. The molecule has 0 aliphatic heterocycles. The molecule has 1 aliphatic rings. The molecule has 9 aromatic carbocycles. The zero-order valence-electron chi connectivity index (χ0n) is 35.4. The topological polar surface area (TPSA) is 9.86 Å². The second-order valence-corrected chi connectivity index (χ2v) is 21.3. The molecule has 12 rings (SSSR count). The van der Waals surface area contributed by atoms with Gasteiger partial charge in [-0.3, -0.25) is 0 Å². The van der Waals surface area contributed by atoms with Gasteiger partial charge in [-0.05, 0) is 92.6 Å². The van der Waals surface area contributed by atoms with Crippen LogP contribution in [-0.4, -0.2) is 17.2 Å². The smallest absolute Gasteiger partial charge is 0.179 e. The fraction of sp³-hybridized carbons (Fsp3) is 0.100. The van der Waals surface area contributed by atoms with E-state index in [-0.39, 0.29) is 0 Å². The summed E-state index contributed by atoms with van der Waals surface area (Å²) in [6.07, 6.45) is 6.59. The van der Waals surface area contributed by atoms with Gasteiger partial charge in [0.25, 0.3) is 0 Å². The second kappa shape index (κ2) is 15.6. The first-order valence-corrected chi connectivity index (χ1v) is 24.7. The average Bonchev–Trinajstić information content (AvgIpc) is 3.89. The van der Waals surface area contributed by atoms with E-state index in [1.165, 1.54) is 119 Å². The molecular weight excluding hydrogens is 777 g/mol. The van der Waals surface area contributed by atoms with Gasteiger partial charge in [0.1, 0.15) is 0 Å². The van der Waals surface area contributed by atoms with Crippen LogP contribution in [0.2, 0.25) is 0 Å². The van der Waals surface area contributed by atoms with Gasteiger partial charge in [0, 0.05) is 27.2 Å². The third-order valence-electron chi connectivity index (χ3n) is 14.1. The van der Waals surface area contributed by atoms with E-state index < -0.39 is 8.07 Å². The first kappa shape index (κ1) is 37.5. The summed E-state index contributed by atoms with van der Waals surface area (Å²) in [4.78, 5) is 0. The lowest BCUT2D eigenvalue weighted by Gasteiger charge is -2.34. The summed E-state index contributed by atoms with van der Waals surface area (Å²) in [5.41, 5.74) is 11.2. The van der Waals surface area contributed by atoms with Crippen LogP contribution in [0.5, 0.6) is 0 Å². The van der Waals surface area contributed by atoms with Crippen LogP contribution in [0, 0.1) is 0 Å². The molecule has 0 amide bonds. The van der Waals surface area contributed by atoms with Crippen molar-refractivity contribution in [1.82, 2.24) is 9.13 Å². The Balaban J connectivity index is 0.993. The minimum atomic E-state index is -2.60. The van der Waals surface area contributed by atoms with Crippen molar-refractivity contribution in [2.24, 2.45) is 0 Å². The summed E-state index contributed by atoms with van der Waals surface area (Å²) in [7, 11) is -2.60. The molecule has 0 atom stereocenters. The standard InChI is InChI=1S/C60H48N2Si/c1-5-18-43(19-6-1)46-36-41-54-52-26-13-16-30-57(52)62(59(54)42-46)58-31-17-28-55-53-27-14-15-29-56(53)61(60(55)58)47-37-32-44(33-38-47)45-34-39-51(40-35-45)63(48-20-7-2-8-21-48,49-22-9-3-10-23-49)50-24-11-4-12-25-50/h2-4,7-17,20-43H,1,5-6,18-19H2. The Morgan fingerprint density at radius 1 is 0.349 bits per heavy atom. The molecule has 1 fully saturated rings. The van der Waals surface area contributed by atoms with Crippen LogP contribution in [0.15, 0.2) is 224 Å². The molecule has 0 spiro atoms. The van der Waals surface area contributed by atoms with Crippen molar-refractivity contribution in [1.29, 1.82) is 0 Å². The third kappa shape index (κ3) is 6.13. The van der Waals surface area contributed by atoms with E-state index in [0.29, 0.717) is 5.92 Å². The van der Waals surface area contributed by atoms with E-state index in [1.54, 1.807) is 0 Å². The fourth-order valence-electron chi connectivity index (χ4n) is 11.2. The number of hydrogen-bond donors (Lipinski definition) is 0. The molecule has 0 bridgehead atoms. The SMILES string of the molecule is c1ccc([Si](c2ccccc2)(c2ccccc2)c2ccc(-c3ccc(-n4c5ccccc5c5cccc(-n6c7ccccc7c7ccc(C8CCCCC8)cc76)c54)cc3)cc2)cc1. The molecule has 3 heteroatoms. The monoisotopic (exact) mass is 824 g/mol. The number of hydrogen-bond acceptors (Lipinski definition) is 0. The van der Waals surface area contributed by atoms with Crippen LogP contribution in [0.4, 0.5) is 0 Å². The minimum Gasteiger partial charge on any atom is -0.307 e. The minimum absolute atomic E-state index is 0.632. The molecule has 2 heterocycles. The highest BCUT2D eigenvalue weighted by Crippen LogP contribution is 2.41. The number of aromatic nitrogens is 2. The number of para-hydroxylation sites is 3. The van der Waals surface area contributed by atoms with Crippen LogP contribution in [0.25, 0.3) is 66.1 Å². The van der Waals surface area contributed by atoms with Gasteiger partial charge in [0.15, 0.2) is 8.07 Å². The highest BCUT2D eigenvalue weighted by atomic mass is 28.3. The van der Waals surface area contributed by atoms with E-state index in [4.69, 9.17) is 0 Å². The Labute approximate surface area is 370 Å². The normalized spacial score (nSPS) is 13.7. The second-order valence-electron chi connectivity index (χ2n) is 17.5. The highest BCUT2D eigenvalue weighted by molar-refractivity contribution is 7.19. The third-order valence-corrected chi connectivity index (χ3v) is 18.9. The Hall–Kier alpha value is -7.20. The predicted molar refractivity (Wildman–Crippen MR) is 270 cm³/mol. The van der Waals surface area contributed by atoms with Crippen molar-refractivity contribution >= 4 is 72.4 Å². The van der Waals surface area contributed by atoms with Crippen LogP contribution in [-0.2, 0) is 0 Å². The lowest BCUT2D eigenvalue weighted by molar-refractivity contribution is 0.444. The Kier molecular flexibility index (Phi) is 9.30. The van der Waals surface area contributed by atoms with Crippen molar-refractivity contribution in [3.63, 3.8) is 0 Å². The molecule has 2 aromatic heterocycles. The van der Waals surface area contributed by atoms with Gasteiger partial charge in [-0.1, -0.05) is 207 Å². The van der Waals surface area contributed by atoms with E-state index in [0.717, 1.165) is 5.69 Å². The van der Waals surface area contributed by atoms with Crippen molar-refractivity contribution in [2.45, 2.75) is 38.0 Å². The van der Waals surface area contributed by atoms with Gasteiger partial charge in [-0.25, -0.2) is 0 Å². The van der Waals surface area contributed by atoms with Gasteiger partial charge in [-0.2, -0.15) is 0 Å². The lowest BCUT2D eigenvalue weighted by Crippen LogP contribution is -2.74. The van der Waals surface area contributed by atoms with Gasteiger partial charge < -0.3 is 9.13 Å². The fourth-order valence-corrected chi connectivity index (χ4v) is 15.9. The maximum absolute atomic E-state index is 2.60. The van der Waals surface area contributed by atoms with Gasteiger partial charge in [0.05, 0.1) is 27.8 Å². The van der Waals surface area contributed by atoms with E-state index in [2.05, 4.69) is 234 Å². The zero-order valence-corrected chi connectivity index (χ0v) is 36.4. The van der Waals surface area contributed by atoms with Crippen molar-refractivity contribution < 1.29 is 0 Å².